The van der Waals surface area contributed by atoms with Crippen LogP contribution in [0.25, 0.3) is 0 Å². The SMILES string of the molecule is CCCC1CCC(NCC)C(CN2CCSC(C)C2C)C1. The van der Waals surface area contributed by atoms with E-state index in [2.05, 4.69) is 49.7 Å². The smallest absolute Gasteiger partial charge is 0.0184 e. The quantitative estimate of drug-likeness (QED) is 0.798. The predicted octanol–water partition coefficient (Wildman–Crippen LogP) is 4.01. The third-order valence-electron chi connectivity index (χ3n) is 5.74. The molecule has 1 heterocycles. The van der Waals surface area contributed by atoms with Crippen molar-refractivity contribution in [2.75, 3.05) is 25.4 Å². The molecule has 0 radical (unpaired) electrons. The molecule has 0 spiro atoms. The van der Waals surface area contributed by atoms with E-state index < -0.39 is 0 Å². The Morgan fingerprint density at radius 3 is 2.71 bits per heavy atom. The van der Waals surface area contributed by atoms with Gasteiger partial charge >= 0.3 is 0 Å². The van der Waals surface area contributed by atoms with Crippen LogP contribution in [0.1, 0.15) is 59.8 Å². The molecule has 3 heteroatoms. The van der Waals surface area contributed by atoms with Gasteiger partial charge in [0, 0.05) is 36.2 Å². The van der Waals surface area contributed by atoms with Gasteiger partial charge in [-0.05, 0) is 44.6 Å². The minimum atomic E-state index is 0.748. The number of nitrogens with zero attached hydrogens (tertiary/aromatic N) is 1. The fraction of sp³-hybridized carbons (Fsp3) is 1.00. The van der Waals surface area contributed by atoms with E-state index in [0.29, 0.717) is 0 Å². The maximum absolute atomic E-state index is 3.78. The summed E-state index contributed by atoms with van der Waals surface area (Å²) in [5, 5.41) is 4.58. The van der Waals surface area contributed by atoms with E-state index in [1.165, 1.54) is 50.9 Å². The Hall–Kier alpha value is 0.270. The fourth-order valence-electron chi connectivity index (χ4n) is 4.32. The monoisotopic (exact) mass is 312 g/mol. The highest BCUT2D eigenvalue weighted by atomic mass is 32.2. The highest BCUT2D eigenvalue weighted by Crippen LogP contribution is 2.34. The normalized spacial score (nSPS) is 38.6. The Labute approximate surface area is 136 Å². The third kappa shape index (κ3) is 4.87. The van der Waals surface area contributed by atoms with Gasteiger partial charge in [0.25, 0.3) is 0 Å². The molecule has 1 saturated carbocycles. The highest BCUT2D eigenvalue weighted by molar-refractivity contribution is 8.00. The van der Waals surface area contributed by atoms with Gasteiger partial charge in [-0.3, -0.25) is 4.90 Å². The van der Waals surface area contributed by atoms with E-state index in [-0.39, 0.29) is 0 Å². The zero-order valence-corrected chi connectivity index (χ0v) is 15.4. The fourth-order valence-corrected chi connectivity index (χ4v) is 5.48. The predicted molar refractivity (Wildman–Crippen MR) is 96.2 cm³/mol. The van der Waals surface area contributed by atoms with Crippen molar-refractivity contribution in [3.63, 3.8) is 0 Å². The molecule has 2 nitrogen and oxygen atoms in total. The molecule has 2 rings (SSSR count). The molecule has 1 saturated heterocycles. The number of nitrogens with one attached hydrogen (secondary N) is 1. The van der Waals surface area contributed by atoms with E-state index in [1.807, 2.05) is 0 Å². The summed E-state index contributed by atoms with van der Waals surface area (Å²) in [6.45, 7) is 13.2. The van der Waals surface area contributed by atoms with Crippen molar-refractivity contribution in [2.24, 2.45) is 11.8 Å². The second kappa shape index (κ2) is 8.79. The second-order valence-electron chi connectivity index (χ2n) is 7.20. The lowest BCUT2D eigenvalue weighted by Crippen LogP contribution is -2.51. The molecular formula is C18H36N2S. The van der Waals surface area contributed by atoms with E-state index in [0.717, 1.165) is 35.7 Å². The number of thioether (sulfide) groups is 1. The van der Waals surface area contributed by atoms with Gasteiger partial charge in [0.1, 0.15) is 0 Å². The zero-order valence-electron chi connectivity index (χ0n) is 14.6. The Kier molecular flexibility index (Phi) is 7.37. The average Bonchev–Trinajstić information content (AvgIpc) is 2.47. The largest absolute Gasteiger partial charge is 0.314 e. The molecule has 5 atom stereocenters. The molecule has 2 fully saturated rings. The molecule has 0 bridgehead atoms. The molecule has 0 amide bonds. The van der Waals surface area contributed by atoms with E-state index in [9.17, 15) is 0 Å². The van der Waals surface area contributed by atoms with Crippen molar-refractivity contribution in [1.82, 2.24) is 10.2 Å². The summed E-state index contributed by atoms with van der Waals surface area (Å²) < 4.78 is 0. The van der Waals surface area contributed by atoms with Crippen LogP contribution < -0.4 is 5.32 Å². The summed E-state index contributed by atoms with van der Waals surface area (Å²) in [6, 6.07) is 1.51. The molecule has 0 aromatic carbocycles. The molecular weight excluding hydrogens is 276 g/mol. The van der Waals surface area contributed by atoms with Gasteiger partial charge in [-0.1, -0.05) is 33.6 Å². The lowest BCUT2D eigenvalue weighted by Gasteiger charge is -2.44. The maximum atomic E-state index is 3.78. The summed E-state index contributed by atoms with van der Waals surface area (Å²) in [5.41, 5.74) is 0. The van der Waals surface area contributed by atoms with Gasteiger partial charge < -0.3 is 5.32 Å². The average molecular weight is 313 g/mol. The van der Waals surface area contributed by atoms with Crippen molar-refractivity contribution in [3.05, 3.63) is 0 Å². The van der Waals surface area contributed by atoms with Gasteiger partial charge in [0.15, 0.2) is 0 Å². The van der Waals surface area contributed by atoms with Crippen molar-refractivity contribution in [3.8, 4) is 0 Å². The Morgan fingerprint density at radius 1 is 1.19 bits per heavy atom. The van der Waals surface area contributed by atoms with Crippen molar-refractivity contribution >= 4 is 11.8 Å². The summed E-state index contributed by atoms with van der Waals surface area (Å²) in [7, 11) is 0. The maximum Gasteiger partial charge on any atom is 0.0184 e. The van der Waals surface area contributed by atoms with Gasteiger partial charge in [-0.25, -0.2) is 0 Å². The highest BCUT2D eigenvalue weighted by Gasteiger charge is 2.33. The Bertz CT molecular complexity index is 297. The molecule has 0 aromatic rings. The van der Waals surface area contributed by atoms with Crippen LogP contribution in [0.4, 0.5) is 0 Å². The summed E-state index contributed by atoms with van der Waals surface area (Å²) >= 11 is 2.15. The minimum absolute atomic E-state index is 0.748. The summed E-state index contributed by atoms with van der Waals surface area (Å²) in [4.78, 5) is 2.78. The van der Waals surface area contributed by atoms with Crippen LogP contribution in [-0.2, 0) is 0 Å². The van der Waals surface area contributed by atoms with E-state index >= 15 is 0 Å². The first kappa shape index (κ1) is 17.6. The van der Waals surface area contributed by atoms with Crippen molar-refractivity contribution in [1.29, 1.82) is 0 Å². The number of hydrogen-bond donors (Lipinski definition) is 1. The van der Waals surface area contributed by atoms with Crippen LogP contribution >= 0.6 is 11.8 Å². The van der Waals surface area contributed by atoms with Crippen LogP contribution in [0.5, 0.6) is 0 Å². The zero-order chi connectivity index (χ0) is 15.2. The minimum Gasteiger partial charge on any atom is -0.314 e. The summed E-state index contributed by atoms with van der Waals surface area (Å²) in [6.07, 6.45) is 7.10. The standard InChI is InChI=1S/C18H36N2S/c1-5-7-16-8-9-18(19-6-2)17(12-16)13-20-10-11-21-15(4)14(20)3/h14-19H,5-13H2,1-4H3. The molecule has 1 aliphatic heterocycles. The summed E-state index contributed by atoms with van der Waals surface area (Å²) in [5.74, 6) is 3.18. The number of rotatable bonds is 6. The lowest BCUT2D eigenvalue weighted by atomic mass is 9.76. The molecule has 1 N–H and O–H groups in total. The van der Waals surface area contributed by atoms with Gasteiger partial charge in [0.05, 0.1) is 0 Å². The first-order chi connectivity index (χ1) is 10.2. The first-order valence-electron chi connectivity index (χ1n) is 9.24. The van der Waals surface area contributed by atoms with Crippen molar-refractivity contribution < 1.29 is 0 Å². The second-order valence-corrected chi connectivity index (χ2v) is 8.69. The van der Waals surface area contributed by atoms with Crippen molar-refractivity contribution in [2.45, 2.75) is 77.1 Å². The van der Waals surface area contributed by atoms with Gasteiger partial charge in [-0.2, -0.15) is 11.8 Å². The van der Waals surface area contributed by atoms with E-state index in [4.69, 9.17) is 0 Å². The first-order valence-corrected chi connectivity index (χ1v) is 10.3. The number of hydrogen-bond acceptors (Lipinski definition) is 3. The Balaban J connectivity index is 1.94. The molecule has 1 aliphatic carbocycles. The van der Waals surface area contributed by atoms with Crippen LogP contribution in [0.3, 0.4) is 0 Å². The molecule has 5 unspecified atom stereocenters. The van der Waals surface area contributed by atoms with Gasteiger partial charge in [-0.15, -0.1) is 0 Å². The molecule has 0 aromatic heterocycles. The van der Waals surface area contributed by atoms with Crippen LogP contribution in [-0.4, -0.2) is 47.6 Å². The molecule has 21 heavy (non-hydrogen) atoms. The Morgan fingerprint density at radius 2 is 2.00 bits per heavy atom. The van der Waals surface area contributed by atoms with E-state index in [1.54, 1.807) is 0 Å². The van der Waals surface area contributed by atoms with Crippen LogP contribution in [0.15, 0.2) is 0 Å². The third-order valence-corrected chi connectivity index (χ3v) is 7.08. The molecule has 124 valence electrons. The molecule has 2 aliphatic rings. The van der Waals surface area contributed by atoms with Crippen LogP contribution in [0.2, 0.25) is 0 Å². The van der Waals surface area contributed by atoms with Crippen LogP contribution in [0, 0.1) is 11.8 Å². The van der Waals surface area contributed by atoms with Gasteiger partial charge in [0.2, 0.25) is 0 Å². The topological polar surface area (TPSA) is 15.3 Å². The lowest BCUT2D eigenvalue weighted by molar-refractivity contribution is 0.114.